The summed E-state index contributed by atoms with van der Waals surface area (Å²) in [5.41, 5.74) is 6.09. The summed E-state index contributed by atoms with van der Waals surface area (Å²) in [5.74, 6) is -0.735. The molecular weight excluding hydrogens is 780 g/mol. The summed E-state index contributed by atoms with van der Waals surface area (Å²) in [7, 11) is -4.39. The number of carbonyl (C=O) groups is 1. The van der Waals surface area contributed by atoms with Crippen LogP contribution in [0.15, 0.2) is 72.8 Å². The molecule has 3 aromatic carbocycles. The number of carboxylic acid groups (broad SMARTS) is 1. The van der Waals surface area contributed by atoms with Crippen LogP contribution in [0.4, 0.5) is 0 Å². The average molecular weight is 838 g/mol. The van der Waals surface area contributed by atoms with Gasteiger partial charge >= 0.3 is 44.8 Å². The molecular formula is C39H58CuFeO2Si4Ti-. The first-order chi connectivity index (χ1) is 20.6. The molecule has 266 valence electrons. The fourth-order valence-corrected chi connectivity index (χ4v) is 5.29. The molecule has 1 aliphatic carbocycles. The Morgan fingerprint density at radius 3 is 1.42 bits per heavy atom. The first-order valence-electron chi connectivity index (χ1n) is 15.5. The van der Waals surface area contributed by atoms with E-state index in [1.807, 2.05) is 56.4 Å². The molecule has 1 fully saturated rings. The molecule has 0 amide bonds. The van der Waals surface area contributed by atoms with Gasteiger partial charge in [0.2, 0.25) is 0 Å². The zero-order chi connectivity index (χ0) is 35.2. The Kier molecular flexibility index (Phi) is 35.3. The molecule has 0 unspecified atom stereocenters. The van der Waals surface area contributed by atoms with Gasteiger partial charge in [-0.15, -0.1) is 0 Å². The third-order valence-corrected chi connectivity index (χ3v) is 11.4. The van der Waals surface area contributed by atoms with E-state index in [1.165, 1.54) is 0 Å². The van der Waals surface area contributed by atoms with Crippen LogP contribution in [-0.2, 0) is 67.1 Å². The van der Waals surface area contributed by atoms with Crippen molar-refractivity contribution in [2.75, 3.05) is 0 Å². The van der Waals surface area contributed by atoms with Gasteiger partial charge in [0.15, 0.2) is 0 Å². The summed E-state index contributed by atoms with van der Waals surface area (Å²) in [6.07, 6.45) is 24.2. The van der Waals surface area contributed by atoms with Gasteiger partial charge < -0.3 is 35.5 Å². The molecule has 0 spiro atoms. The fourth-order valence-electron chi connectivity index (χ4n) is 2.90. The van der Waals surface area contributed by atoms with Crippen LogP contribution in [0.25, 0.3) is 0 Å². The number of aryl methyl sites for hydroxylation is 1. The number of aliphatic carboxylic acids is 1. The average Bonchev–Trinajstić information content (AvgIpc) is 3.75. The molecule has 9 heteroatoms. The standard InChI is InChI=1S/C8H9O2.2C8H13Si.2C5H9Si.C5H5.Cu.Fe.Ti/c9-8(10)6-5-7-3-1-2-4-7;2*1-9(2,3)8-6-4-5-7-8;2*1-5-6(2,3)4;1-2-4-5-3-1;;;/h1-4H,5-6H2,(H,9,10);2*4-7H,1-3H3;2*2-4H3;1-5H;;;/q6*-1;+1;;+4. The second kappa shape index (κ2) is 29.9. The second-order valence-corrected chi connectivity index (χ2v) is 34.4. The van der Waals surface area contributed by atoms with Gasteiger partial charge in [-0.2, -0.15) is 72.1 Å². The molecule has 0 aliphatic heterocycles. The largest absolute Gasteiger partial charge is 4.00 e. The Morgan fingerprint density at radius 2 is 1.21 bits per heavy atom. The Bertz CT molecular complexity index is 1120. The van der Waals surface area contributed by atoms with Gasteiger partial charge in [0.05, 0.1) is 24.2 Å². The summed E-state index contributed by atoms with van der Waals surface area (Å²) in [4.78, 5) is 10.1. The second-order valence-electron chi connectivity index (χ2n) is 14.7. The van der Waals surface area contributed by atoms with Crippen molar-refractivity contribution in [3.63, 3.8) is 0 Å². The summed E-state index contributed by atoms with van der Waals surface area (Å²) in [6.45, 7) is 26.7. The normalized spacial score (nSPS) is 11.5. The van der Waals surface area contributed by atoms with Crippen molar-refractivity contribution in [2.24, 2.45) is 0 Å². The summed E-state index contributed by atoms with van der Waals surface area (Å²) in [5, 5.41) is 11.4. The van der Waals surface area contributed by atoms with E-state index in [0.717, 1.165) is 5.56 Å². The van der Waals surface area contributed by atoms with E-state index >= 15 is 0 Å². The Hall–Kier alpha value is -0.739. The quantitative estimate of drug-likeness (QED) is 0.158. The third kappa shape index (κ3) is 38.1. The Labute approximate surface area is 337 Å². The van der Waals surface area contributed by atoms with Crippen LogP contribution in [0.3, 0.4) is 0 Å². The van der Waals surface area contributed by atoms with Crippen molar-refractivity contribution in [3.8, 4) is 11.1 Å². The summed E-state index contributed by atoms with van der Waals surface area (Å²) in [6, 6.07) is 25.1. The molecule has 1 aliphatic rings. The van der Waals surface area contributed by atoms with Crippen molar-refractivity contribution in [1.29, 1.82) is 0 Å². The molecule has 0 heterocycles. The monoisotopic (exact) mass is 837 g/mol. The number of hydrogen-bond acceptors (Lipinski definition) is 1. The first-order valence-corrected chi connectivity index (χ1v) is 29.5. The molecule has 4 rings (SSSR count). The van der Waals surface area contributed by atoms with E-state index in [4.69, 9.17) is 18.0 Å². The van der Waals surface area contributed by atoms with Gasteiger partial charge in [-0.3, -0.25) is 4.79 Å². The Balaban J connectivity index is -0.000000155. The molecule has 2 nitrogen and oxygen atoms in total. The van der Waals surface area contributed by atoms with Crippen molar-refractivity contribution < 1.29 is 65.8 Å². The fraction of sp³-hybridized carbons (Fsp3) is 0.359. The number of hydrogen-bond donors (Lipinski definition) is 1. The maximum absolute atomic E-state index is 10.1. The van der Waals surface area contributed by atoms with Gasteiger partial charge in [0.1, 0.15) is 0 Å². The van der Waals surface area contributed by atoms with E-state index in [-0.39, 0.29) is 62.3 Å². The van der Waals surface area contributed by atoms with Crippen LogP contribution >= 0.6 is 0 Å². The van der Waals surface area contributed by atoms with Crippen molar-refractivity contribution in [1.82, 2.24) is 0 Å². The van der Waals surface area contributed by atoms with Gasteiger partial charge in [0, 0.05) is 31.6 Å². The van der Waals surface area contributed by atoms with Gasteiger partial charge in [-0.1, -0.05) is 97.8 Å². The van der Waals surface area contributed by atoms with Crippen LogP contribution in [0.1, 0.15) is 12.0 Å². The topological polar surface area (TPSA) is 37.3 Å². The third-order valence-electron chi connectivity index (χ3n) is 5.72. The van der Waals surface area contributed by atoms with Crippen LogP contribution in [-0.4, -0.2) is 43.4 Å². The molecule has 4 radical (unpaired) electrons. The van der Waals surface area contributed by atoms with E-state index in [0.29, 0.717) is 6.42 Å². The van der Waals surface area contributed by atoms with Crippen molar-refractivity contribution in [3.05, 3.63) is 123 Å². The molecule has 0 aromatic heterocycles. The number of rotatable bonds is 5. The van der Waals surface area contributed by atoms with Crippen LogP contribution in [0.2, 0.25) is 78.6 Å². The smallest absolute Gasteiger partial charge is 0.701 e. The zero-order valence-corrected chi connectivity index (χ0v) is 38.8. The first kappa shape index (κ1) is 56.6. The predicted octanol–water partition coefficient (Wildman–Crippen LogP) is 9.25. The van der Waals surface area contributed by atoms with Crippen LogP contribution in [0.5, 0.6) is 0 Å². The maximum Gasteiger partial charge on any atom is 4.00 e. The summed E-state index contributed by atoms with van der Waals surface area (Å²) < 4.78 is 0. The molecule has 0 saturated heterocycles. The minimum absolute atomic E-state index is 0. The molecule has 3 aromatic rings. The minimum Gasteiger partial charge on any atom is -0.701 e. The van der Waals surface area contributed by atoms with Crippen molar-refractivity contribution >= 4 is 48.6 Å². The van der Waals surface area contributed by atoms with Gasteiger partial charge in [-0.25, -0.2) is 29.5 Å². The zero-order valence-electron chi connectivity index (χ0n) is 31.2. The number of carboxylic acids is 1. The van der Waals surface area contributed by atoms with E-state index < -0.39 is 38.3 Å². The van der Waals surface area contributed by atoms with Gasteiger partial charge in [0.25, 0.3) is 0 Å². The molecule has 0 bridgehead atoms. The Morgan fingerprint density at radius 1 is 0.750 bits per heavy atom. The molecule has 0 atom stereocenters. The minimum atomic E-state index is -1.21. The molecule has 1 N–H and O–H groups in total. The van der Waals surface area contributed by atoms with Crippen LogP contribution < -0.4 is 10.4 Å². The SMILES string of the molecule is C[Si](C)(C)c1cc[cH-]c1.C[Si](C)(C)c1ccc[cH-]1.O=C(O)CCc1cc[cH-]c1.[C-]#C[Si](C)(C)C.[C-]#C[Si](C)(C)C.[CH]1[CH][CH][CH-][CH]1.[Cu+].[Fe].[Ti+4]. The van der Waals surface area contributed by atoms with Crippen LogP contribution in [0, 0.1) is 56.0 Å². The predicted molar refractivity (Wildman–Crippen MR) is 210 cm³/mol. The van der Waals surface area contributed by atoms with E-state index in [1.54, 1.807) is 10.4 Å². The molecule has 48 heavy (non-hydrogen) atoms. The maximum atomic E-state index is 10.1. The van der Waals surface area contributed by atoms with Gasteiger partial charge in [-0.05, 0) is 0 Å². The van der Waals surface area contributed by atoms with Crippen molar-refractivity contribution in [2.45, 2.75) is 91.4 Å². The van der Waals surface area contributed by atoms with E-state index in [2.05, 4.69) is 138 Å². The summed E-state index contributed by atoms with van der Waals surface area (Å²) >= 11 is 0. The molecule has 1 saturated carbocycles. The van der Waals surface area contributed by atoms with E-state index in [9.17, 15) is 4.79 Å².